The number of aliphatic imine (C=N–C) groups is 1. The quantitative estimate of drug-likeness (QED) is 0.141. The fourth-order valence-corrected chi connectivity index (χ4v) is 2.30. The summed E-state index contributed by atoms with van der Waals surface area (Å²) in [6, 6.07) is 2.26. The molecule has 0 saturated heterocycles. The van der Waals surface area contributed by atoms with Crippen LogP contribution >= 0.6 is 0 Å². The maximum atomic E-state index is 14.2. The molecule has 0 radical (unpaired) electrons. The van der Waals surface area contributed by atoms with E-state index in [4.69, 9.17) is 0 Å². The maximum absolute atomic E-state index is 14.2. The fourth-order valence-electron chi connectivity index (χ4n) is 2.30. The summed E-state index contributed by atoms with van der Waals surface area (Å²) in [5.41, 5.74) is -3.34. The summed E-state index contributed by atoms with van der Waals surface area (Å²) in [6.07, 6.45) is 0.543. The molecule has 10 heteroatoms. The van der Waals surface area contributed by atoms with Crippen LogP contribution in [0.3, 0.4) is 0 Å². The highest BCUT2D eigenvalue weighted by Crippen LogP contribution is 2.30. The highest BCUT2D eigenvalue weighted by atomic mass is 19.2. The van der Waals surface area contributed by atoms with Crippen molar-refractivity contribution < 1.29 is 41.0 Å². The molecule has 2 rings (SSSR count). The van der Waals surface area contributed by atoms with E-state index >= 15 is 0 Å². The number of hydrogen-bond acceptors (Lipinski definition) is 4. The second kappa shape index (κ2) is 8.80. The van der Waals surface area contributed by atoms with Gasteiger partial charge in [0.2, 0.25) is 0 Å². The number of ether oxygens (including phenoxy) is 1. The van der Waals surface area contributed by atoms with Gasteiger partial charge in [0, 0.05) is 17.8 Å². The summed E-state index contributed by atoms with van der Waals surface area (Å²) < 4.78 is 86.2. The van der Waals surface area contributed by atoms with Crippen LogP contribution in [0.2, 0.25) is 0 Å². The van der Waals surface area contributed by atoms with E-state index in [1.165, 1.54) is 6.92 Å². The number of carbonyl (C=O) groups is 1. The van der Waals surface area contributed by atoms with Gasteiger partial charge in [-0.2, -0.15) is 0 Å². The van der Waals surface area contributed by atoms with Crippen LogP contribution in [-0.4, -0.2) is 23.9 Å². The number of aliphatic hydroxyl groups is 1. The molecule has 0 aromatic heterocycles. The first kappa shape index (κ1) is 22.0. The summed E-state index contributed by atoms with van der Waals surface area (Å²) in [5, 5.41) is 10.3. The number of aliphatic hydroxyl groups excluding tert-OH is 1. The first-order valence-corrected chi connectivity index (χ1v) is 8.02. The third-order valence-electron chi connectivity index (χ3n) is 3.73. The molecule has 0 aliphatic heterocycles. The highest BCUT2D eigenvalue weighted by molar-refractivity contribution is 6.15. The molecule has 1 N–H and O–H groups in total. The van der Waals surface area contributed by atoms with Crippen LogP contribution in [-0.2, 0) is 9.53 Å². The Labute approximate surface area is 160 Å². The van der Waals surface area contributed by atoms with Gasteiger partial charge in [-0.3, -0.25) is 4.99 Å². The smallest absolute Gasteiger partial charge is 0.343 e. The Bertz CT molecular complexity index is 1000. The molecule has 4 nitrogen and oxygen atoms in total. The average molecular weight is 417 g/mol. The zero-order valence-corrected chi connectivity index (χ0v) is 15.0. The van der Waals surface area contributed by atoms with Gasteiger partial charge in [0.05, 0.1) is 17.9 Å². The lowest BCUT2D eigenvalue weighted by atomic mass is 10.0. The van der Waals surface area contributed by atoms with Gasteiger partial charge in [0.15, 0.2) is 29.1 Å². The predicted octanol–water partition coefficient (Wildman–Crippen LogP) is 5.06. The molecule has 154 valence electrons. The van der Waals surface area contributed by atoms with Gasteiger partial charge >= 0.3 is 5.97 Å². The molecule has 0 aliphatic rings. The number of halogens is 6. The molecule has 2 aromatic carbocycles. The van der Waals surface area contributed by atoms with E-state index in [0.717, 1.165) is 19.1 Å². The monoisotopic (exact) mass is 417 g/mol. The van der Waals surface area contributed by atoms with Gasteiger partial charge in [-0.15, -0.1) is 0 Å². The Hall–Kier alpha value is -3.30. The molecule has 0 heterocycles. The van der Waals surface area contributed by atoms with E-state index in [9.17, 15) is 36.2 Å². The topological polar surface area (TPSA) is 58.9 Å². The third kappa shape index (κ3) is 4.41. The number of hydrogen-bond donors (Lipinski definition) is 1. The Morgan fingerprint density at radius 3 is 2.28 bits per heavy atom. The molecule has 0 aliphatic carbocycles. The summed E-state index contributed by atoms with van der Waals surface area (Å²) in [7, 11) is 0. The van der Waals surface area contributed by atoms with Crippen molar-refractivity contribution in [1.82, 2.24) is 0 Å². The van der Waals surface area contributed by atoms with Crippen LogP contribution in [0.4, 0.5) is 32.0 Å². The molecule has 0 atom stereocenters. The van der Waals surface area contributed by atoms with Crippen LogP contribution in [0, 0.1) is 41.8 Å². The molecular weight excluding hydrogens is 404 g/mol. The van der Waals surface area contributed by atoms with Gasteiger partial charge < -0.3 is 9.84 Å². The largest absolute Gasteiger partial charge is 0.506 e. The molecule has 0 unspecified atom stereocenters. The summed E-state index contributed by atoms with van der Waals surface area (Å²) in [6.45, 7) is 2.03. The van der Waals surface area contributed by atoms with Crippen LogP contribution in [0.1, 0.15) is 18.1 Å². The molecule has 0 spiro atoms. The van der Waals surface area contributed by atoms with Crippen molar-refractivity contribution in [3.05, 3.63) is 69.8 Å². The zero-order valence-electron chi connectivity index (χ0n) is 15.0. The normalized spacial score (nSPS) is 12.3. The van der Waals surface area contributed by atoms with Crippen molar-refractivity contribution in [3.63, 3.8) is 0 Å². The van der Waals surface area contributed by atoms with Gasteiger partial charge in [0.1, 0.15) is 17.1 Å². The molecule has 2 aromatic rings. The lowest BCUT2D eigenvalue weighted by molar-refractivity contribution is -0.137. The number of carbonyl (C=O) groups excluding carboxylic acids is 1. The molecule has 0 fully saturated rings. The first-order valence-electron chi connectivity index (χ1n) is 8.02. The van der Waals surface area contributed by atoms with Crippen LogP contribution in [0.15, 0.2) is 28.8 Å². The van der Waals surface area contributed by atoms with Gasteiger partial charge in [-0.25, -0.2) is 31.1 Å². The first-order chi connectivity index (χ1) is 13.6. The number of nitrogens with zero attached hydrogens (tertiary/aromatic N) is 1. The number of esters is 1. The van der Waals surface area contributed by atoms with E-state index in [1.807, 2.05) is 0 Å². The summed E-state index contributed by atoms with van der Waals surface area (Å²) in [5.74, 6) is -12.7. The van der Waals surface area contributed by atoms with E-state index in [0.29, 0.717) is 12.3 Å². The van der Waals surface area contributed by atoms with Gasteiger partial charge in [0.25, 0.3) is 0 Å². The van der Waals surface area contributed by atoms with Crippen molar-refractivity contribution in [3.8, 4) is 0 Å². The second-order valence-corrected chi connectivity index (χ2v) is 5.59. The molecule has 0 bridgehead atoms. The van der Waals surface area contributed by atoms with Crippen LogP contribution in [0.5, 0.6) is 0 Å². The molecule has 29 heavy (non-hydrogen) atoms. The minimum Gasteiger partial charge on any atom is -0.506 e. The SMILES string of the molecule is CCOC(=O)/C(C=Nc1ccc(F)cc1F)=C(\O)c1c(C)c(F)c(F)c(F)c1F. The zero-order chi connectivity index (χ0) is 21.9. The van der Waals surface area contributed by atoms with Gasteiger partial charge in [-0.05, 0) is 26.0 Å². The third-order valence-corrected chi connectivity index (χ3v) is 3.73. The lowest BCUT2D eigenvalue weighted by Crippen LogP contribution is -2.14. The Morgan fingerprint density at radius 1 is 1.07 bits per heavy atom. The van der Waals surface area contributed by atoms with E-state index in [-0.39, 0.29) is 6.61 Å². The van der Waals surface area contributed by atoms with Crippen LogP contribution in [0.25, 0.3) is 5.76 Å². The standard InChI is InChI=1S/C19H13F6NO3/c1-3-29-19(28)10(7-26-12-5-4-9(20)6-11(12)21)18(27)13-8(2)14(22)16(24)17(25)15(13)23/h4-7,27H,3H2,1-2H3/b18-10-,26-7?. The van der Waals surface area contributed by atoms with Crippen molar-refractivity contribution in [2.45, 2.75) is 13.8 Å². The van der Waals surface area contributed by atoms with Crippen LogP contribution < -0.4 is 0 Å². The molecular formula is C19H13F6NO3. The molecule has 0 saturated carbocycles. The van der Waals surface area contributed by atoms with Crippen molar-refractivity contribution in [1.29, 1.82) is 0 Å². The van der Waals surface area contributed by atoms with E-state index in [1.54, 1.807) is 0 Å². The predicted molar refractivity (Wildman–Crippen MR) is 91.7 cm³/mol. The Balaban J connectivity index is 2.70. The van der Waals surface area contributed by atoms with E-state index in [2.05, 4.69) is 9.73 Å². The van der Waals surface area contributed by atoms with Crippen molar-refractivity contribution in [2.75, 3.05) is 6.61 Å². The summed E-state index contributed by atoms with van der Waals surface area (Å²) >= 11 is 0. The van der Waals surface area contributed by atoms with Crippen molar-refractivity contribution >= 4 is 23.6 Å². The van der Waals surface area contributed by atoms with E-state index < -0.39 is 69.0 Å². The Morgan fingerprint density at radius 2 is 1.69 bits per heavy atom. The lowest BCUT2D eigenvalue weighted by Gasteiger charge is -2.12. The maximum Gasteiger partial charge on any atom is 0.343 e. The number of benzene rings is 2. The number of rotatable bonds is 5. The average Bonchev–Trinajstić information content (AvgIpc) is 2.67. The minimum absolute atomic E-state index is 0.206. The highest BCUT2D eigenvalue weighted by Gasteiger charge is 2.28. The van der Waals surface area contributed by atoms with Gasteiger partial charge in [-0.1, -0.05) is 0 Å². The fraction of sp³-hybridized carbons (Fsp3) is 0.158. The second-order valence-electron chi connectivity index (χ2n) is 5.59. The minimum atomic E-state index is -2.21. The summed E-state index contributed by atoms with van der Waals surface area (Å²) in [4.78, 5) is 15.7. The Kier molecular flexibility index (Phi) is 6.68. The van der Waals surface area contributed by atoms with Crippen molar-refractivity contribution in [2.24, 2.45) is 4.99 Å². The molecule has 0 amide bonds.